The normalized spacial score (nSPS) is 11.2. The second-order valence-electron chi connectivity index (χ2n) is 3.96. The van der Waals surface area contributed by atoms with Crippen LogP contribution in [0.5, 0.6) is 0 Å². The summed E-state index contributed by atoms with van der Waals surface area (Å²) >= 11 is 5.63. The molecule has 0 amide bonds. The first-order valence-electron chi connectivity index (χ1n) is 5.48. The highest BCUT2D eigenvalue weighted by Crippen LogP contribution is 2.26. The van der Waals surface area contributed by atoms with Gasteiger partial charge in [-0.05, 0) is 11.6 Å². The van der Waals surface area contributed by atoms with Crippen LogP contribution in [0.25, 0.3) is 0 Å². The highest BCUT2D eigenvalue weighted by Gasteiger charge is 2.28. The minimum absolute atomic E-state index is 0.109. The van der Waals surface area contributed by atoms with Crippen LogP contribution in [0.1, 0.15) is 5.56 Å². The number of hydrogen-bond acceptors (Lipinski definition) is 5. The number of nitro groups is 1. The van der Waals surface area contributed by atoms with E-state index < -0.39 is 25.5 Å². The summed E-state index contributed by atoms with van der Waals surface area (Å²) in [7, 11) is -3.95. The van der Waals surface area contributed by atoms with E-state index in [1.54, 1.807) is 30.3 Å². The van der Waals surface area contributed by atoms with Gasteiger partial charge in [-0.15, -0.1) is 0 Å². The van der Waals surface area contributed by atoms with Gasteiger partial charge in [0.2, 0.25) is 14.9 Å². The lowest BCUT2D eigenvalue weighted by Crippen LogP contribution is -2.10. The van der Waals surface area contributed by atoms with E-state index in [9.17, 15) is 18.5 Å². The number of nitrogens with zero attached hydrogens (tertiary/aromatic N) is 2. The summed E-state index contributed by atoms with van der Waals surface area (Å²) in [5.74, 6) is -0.373. The van der Waals surface area contributed by atoms with Gasteiger partial charge in [0.1, 0.15) is 5.15 Å². The van der Waals surface area contributed by atoms with Gasteiger partial charge in [0.15, 0.2) is 0 Å². The molecule has 0 aliphatic rings. The Kier molecular flexibility index (Phi) is 4.01. The summed E-state index contributed by atoms with van der Waals surface area (Å²) in [6.45, 7) is 0. The monoisotopic (exact) mass is 312 g/mol. The maximum atomic E-state index is 12.3. The Hall–Kier alpha value is -1.99. The first-order valence-corrected chi connectivity index (χ1v) is 7.51. The molecule has 6 nitrogen and oxygen atoms in total. The lowest BCUT2D eigenvalue weighted by Gasteiger charge is -2.05. The molecular formula is C12H9ClN2O4S. The Labute approximate surface area is 120 Å². The van der Waals surface area contributed by atoms with Crippen LogP contribution in [0.3, 0.4) is 0 Å². The SMILES string of the molecule is O=[N+]([O-])c1ccc(Cl)nc1S(=O)(=O)Cc1ccccc1. The minimum atomic E-state index is -3.95. The summed E-state index contributed by atoms with van der Waals surface area (Å²) < 4.78 is 24.5. The Balaban J connectivity index is 2.49. The molecule has 2 rings (SSSR count). The predicted octanol–water partition coefficient (Wildman–Crippen LogP) is 2.62. The van der Waals surface area contributed by atoms with Crippen LogP contribution in [-0.2, 0) is 15.6 Å². The second kappa shape index (κ2) is 5.56. The number of pyridine rings is 1. The fourth-order valence-corrected chi connectivity index (χ4v) is 3.30. The molecule has 8 heteroatoms. The minimum Gasteiger partial charge on any atom is -0.258 e. The van der Waals surface area contributed by atoms with Gasteiger partial charge in [0.25, 0.3) is 0 Å². The quantitative estimate of drug-likeness (QED) is 0.491. The van der Waals surface area contributed by atoms with Crippen molar-refractivity contribution in [3.8, 4) is 0 Å². The van der Waals surface area contributed by atoms with Gasteiger partial charge in [-0.1, -0.05) is 41.9 Å². The lowest BCUT2D eigenvalue weighted by molar-refractivity contribution is -0.388. The van der Waals surface area contributed by atoms with Crippen molar-refractivity contribution in [2.45, 2.75) is 10.8 Å². The lowest BCUT2D eigenvalue weighted by atomic mass is 10.2. The molecule has 2 aromatic rings. The zero-order chi connectivity index (χ0) is 14.8. The van der Waals surface area contributed by atoms with Gasteiger partial charge in [-0.25, -0.2) is 13.4 Å². The molecule has 0 bridgehead atoms. The smallest absolute Gasteiger partial charge is 0.258 e. The van der Waals surface area contributed by atoms with Gasteiger partial charge in [0, 0.05) is 6.07 Å². The zero-order valence-corrected chi connectivity index (χ0v) is 11.6. The van der Waals surface area contributed by atoms with Crippen LogP contribution < -0.4 is 0 Å². The topological polar surface area (TPSA) is 90.2 Å². The maximum absolute atomic E-state index is 12.3. The van der Waals surface area contributed by atoms with Crippen LogP contribution in [0.4, 0.5) is 5.69 Å². The van der Waals surface area contributed by atoms with E-state index in [1.165, 1.54) is 6.07 Å². The Morgan fingerprint density at radius 1 is 1.15 bits per heavy atom. The third-order valence-electron chi connectivity index (χ3n) is 2.50. The standard InChI is InChI=1S/C12H9ClN2O4S/c13-11-7-6-10(15(16)17)12(14-11)20(18,19)8-9-4-2-1-3-5-9/h1-7H,8H2. The van der Waals surface area contributed by atoms with Gasteiger partial charge in [-0.2, -0.15) is 0 Å². The third kappa shape index (κ3) is 3.12. The molecule has 0 fully saturated rings. The highest BCUT2D eigenvalue weighted by molar-refractivity contribution is 7.90. The molecule has 0 saturated heterocycles. The Morgan fingerprint density at radius 2 is 1.80 bits per heavy atom. The second-order valence-corrected chi connectivity index (χ2v) is 6.25. The van der Waals surface area contributed by atoms with E-state index in [1.807, 2.05) is 0 Å². The molecule has 104 valence electrons. The summed E-state index contributed by atoms with van der Waals surface area (Å²) in [4.78, 5) is 13.7. The van der Waals surface area contributed by atoms with E-state index in [0.717, 1.165) is 6.07 Å². The summed E-state index contributed by atoms with van der Waals surface area (Å²) in [5.41, 5.74) is -0.0612. The number of halogens is 1. The average Bonchev–Trinajstić information content (AvgIpc) is 2.39. The fraction of sp³-hybridized carbons (Fsp3) is 0.0833. The molecule has 0 atom stereocenters. The van der Waals surface area contributed by atoms with E-state index >= 15 is 0 Å². The molecule has 20 heavy (non-hydrogen) atoms. The van der Waals surface area contributed by atoms with Crippen LogP contribution in [-0.4, -0.2) is 18.3 Å². The van der Waals surface area contributed by atoms with Gasteiger partial charge in [0.05, 0.1) is 10.7 Å². The molecule has 1 aromatic heterocycles. The molecule has 0 unspecified atom stereocenters. The highest BCUT2D eigenvalue weighted by atomic mass is 35.5. The number of sulfone groups is 1. The van der Waals surface area contributed by atoms with Crippen molar-refractivity contribution in [1.29, 1.82) is 0 Å². The van der Waals surface area contributed by atoms with Crippen LogP contribution in [0.15, 0.2) is 47.5 Å². The number of rotatable bonds is 4. The van der Waals surface area contributed by atoms with Gasteiger partial charge in [-0.3, -0.25) is 10.1 Å². The van der Waals surface area contributed by atoms with Crippen LogP contribution in [0, 0.1) is 10.1 Å². The molecule has 0 N–H and O–H groups in total. The Bertz CT molecular complexity index is 747. The van der Waals surface area contributed by atoms with E-state index in [-0.39, 0.29) is 10.9 Å². The summed E-state index contributed by atoms with van der Waals surface area (Å²) in [6, 6.07) is 10.6. The molecule has 0 spiro atoms. The van der Waals surface area contributed by atoms with E-state index in [4.69, 9.17) is 11.6 Å². The molecule has 0 aliphatic carbocycles. The predicted molar refractivity (Wildman–Crippen MR) is 73.2 cm³/mol. The maximum Gasteiger partial charge on any atom is 0.306 e. The Morgan fingerprint density at radius 3 is 2.40 bits per heavy atom. The fourth-order valence-electron chi connectivity index (χ4n) is 1.64. The van der Waals surface area contributed by atoms with Gasteiger partial charge >= 0.3 is 5.69 Å². The van der Waals surface area contributed by atoms with Crippen molar-refractivity contribution >= 4 is 27.1 Å². The van der Waals surface area contributed by atoms with Crippen LogP contribution >= 0.6 is 11.6 Å². The number of hydrogen-bond donors (Lipinski definition) is 0. The van der Waals surface area contributed by atoms with Gasteiger partial charge < -0.3 is 0 Å². The summed E-state index contributed by atoms with van der Waals surface area (Å²) in [5, 5.41) is 10.2. The largest absolute Gasteiger partial charge is 0.306 e. The molecule has 1 aromatic carbocycles. The first-order chi connectivity index (χ1) is 9.40. The molecule has 0 aliphatic heterocycles. The third-order valence-corrected chi connectivity index (χ3v) is 4.31. The number of benzene rings is 1. The molecule has 1 heterocycles. The number of aromatic nitrogens is 1. The average molecular weight is 313 g/mol. The van der Waals surface area contributed by atoms with Crippen molar-refractivity contribution in [1.82, 2.24) is 4.98 Å². The summed E-state index contributed by atoms with van der Waals surface area (Å²) in [6.07, 6.45) is 0. The van der Waals surface area contributed by atoms with E-state index in [2.05, 4.69) is 4.98 Å². The molecule has 0 radical (unpaired) electrons. The van der Waals surface area contributed by atoms with Crippen molar-refractivity contribution in [3.63, 3.8) is 0 Å². The van der Waals surface area contributed by atoms with Crippen LogP contribution in [0.2, 0.25) is 5.15 Å². The van der Waals surface area contributed by atoms with Crippen molar-refractivity contribution in [2.75, 3.05) is 0 Å². The first kappa shape index (κ1) is 14.4. The van der Waals surface area contributed by atoms with Crippen molar-refractivity contribution < 1.29 is 13.3 Å². The van der Waals surface area contributed by atoms with E-state index in [0.29, 0.717) is 5.56 Å². The molecular weight excluding hydrogens is 304 g/mol. The van der Waals surface area contributed by atoms with Crippen molar-refractivity contribution in [2.24, 2.45) is 0 Å². The zero-order valence-electron chi connectivity index (χ0n) is 10.1. The van der Waals surface area contributed by atoms with Crippen molar-refractivity contribution in [3.05, 3.63) is 63.3 Å². The molecule has 0 saturated carbocycles.